The Morgan fingerprint density at radius 3 is 1.53 bits per heavy atom. The first kappa shape index (κ1) is 52.3. The lowest BCUT2D eigenvalue weighted by molar-refractivity contribution is -0.117. The maximum Gasteiger partial charge on any atom is 0.271 e. The number of hydrogen-bond donors (Lipinski definition) is 2. The Labute approximate surface area is 382 Å². The lowest BCUT2D eigenvalue weighted by atomic mass is 10.0. The van der Waals surface area contributed by atoms with Gasteiger partial charge in [-0.15, -0.1) is 0 Å². The SMILES string of the molecule is CCCCCCCCCCCCCCCCCCS(=O)(=O)C1C(=O)N(c2c(Cl)cc(Cl)cc2Cl)NC1=Nc1cc(NC(=O)CCCCCCCCCCCCC)ccc1Cl. The van der Waals surface area contributed by atoms with E-state index in [4.69, 9.17) is 46.4 Å². The Kier molecular flexibility index (Phi) is 26.3. The molecule has 3 rings (SSSR count). The Bertz CT molecular complexity index is 1700. The summed E-state index contributed by atoms with van der Waals surface area (Å²) >= 11 is 25.7. The van der Waals surface area contributed by atoms with Crippen molar-refractivity contribution in [2.24, 2.45) is 4.99 Å². The van der Waals surface area contributed by atoms with Crippen LogP contribution >= 0.6 is 46.4 Å². The molecule has 0 aromatic heterocycles. The molecule has 0 radical (unpaired) electrons. The van der Waals surface area contributed by atoms with Crippen molar-refractivity contribution < 1.29 is 18.0 Å². The highest BCUT2D eigenvalue weighted by Crippen LogP contribution is 2.39. The molecule has 13 heteroatoms. The van der Waals surface area contributed by atoms with E-state index in [1.807, 2.05) is 0 Å². The monoisotopic (exact) mass is 928 g/mol. The average Bonchev–Trinajstić information content (AvgIpc) is 3.52. The molecule has 0 aliphatic carbocycles. The molecular weight excluding hydrogens is 858 g/mol. The predicted molar refractivity (Wildman–Crippen MR) is 257 cm³/mol. The fourth-order valence-corrected chi connectivity index (χ4v) is 10.6. The van der Waals surface area contributed by atoms with E-state index < -0.39 is 21.0 Å². The summed E-state index contributed by atoms with van der Waals surface area (Å²) in [5.74, 6) is -1.24. The molecule has 0 spiro atoms. The maximum absolute atomic E-state index is 14.0. The van der Waals surface area contributed by atoms with Gasteiger partial charge in [-0.2, -0.15) is 0 Å². The summed E-state index contributed by atoms with van der Waals surface area (Å²) in [6, 6.07) is 7.68. The van der Waals surface area contributed by atoms with Crippen LogP contribution in [0.25, 0.3) is 0 Å². The molecule has 0 bridgehead atoms. The highest BCUT2D eigenvalue weighted by Gasteiger charge is 2.48. The lowest BCUT2D eigenvalue weighted by Gasteiger charge is -2.19. The molecule has 1 aliphatic heterocycles. The number of carbonyl (C=O) groups is 2. The van der Waals surface area contributed by atoms with Gasteiger partial charge in [-0.25, -0.2) is 18.4 Å². The summed E-state index contributed by atoms with van der Waals surface area (Å²) < 4.78 is 28.0. The van der Waals surface area contributed by atoms with Crippen LogP contribution in [0.3, 0.4) is 0 Å². The molecule has 8 nitrogen and oxygen atoms in total. The summed E-state index contributed by atoms with van der Waals surface area (Å²) in [6.45, 7) is 4.49. The largest absolute Gasteiger partial charge is 0.326 e. The number of amides is 2. The topological polar surface area (TPSA) is 108 Å². The Balaban J connectivity index is 1.56. The van der Waals surface area contributed by atoms with Gasteiger partial charge in [0.1, 0.15) is 11.5 Å². The first-order valence-corrected chi connectivity index (χ1v) is 26.4. The van der Waals surface area contributed by atoms with Gasteiger partial charge in [-0.3, -0.25) is 15.0 Å². The summed E-state index contributed by atoms with van der Waals surface area (Å²) in [4.78, 5) is 31.5. The van der Waals surface area contributed by atoms with Crippen molar-refractivity contribution in [3.8, 4) is 0 Å². The van der Waals surface area contributed by atoms with Crippen LogP contribution in [-0.2, 0) is 19.4 Å². The Morgan fingerprint density at radius 1 is 0.633 bits per heavy atom. The Hall–Kier alpha value is -2.04. The third-order valence-electron chi connectivity index (χ3n) is 11.2. The van der Waals surface area contributed by atoms with E-state index in [1.165, 1.54) is 134 Å². The molecule has 1 heterocycles. The standard InChI is InChI=1S/C47H72Cl4N4O4S/c1-3-5-7-9-11-13-15-16-17-18-19-21-23-25-27-29-33-60(58,59)45-46(54-55(47(45)57)44-40(50)34-37(48)35-41(44)51)53-42-36-38(31-32-39(42)49)52-43(56)30-28-26-24-22-20-14-12-10-8-6-4-2/h31-32,34-36,45H,3-30,33H2,1-2H3,(H,52,56)(H,53,54). The number of halogens is 4. The number of nitrogens with zero attached hydrogens (tertiary/aromatic N) is 2. The molecule has 2 aromatic carbocycles. The summed E-state index contributed by atoms with van der Waals surface area (Å²) in [5, 5.41) is 2.88. The molecule has 1 unspecified atom stereocenters. The number of carbonyl (C=O) groups excluding carboxylic acids is 2. The molecule has 2 amide bonds. The summed E-state index contributed by atoms with van der Waals surface area (Å²) in [7, 11) is -4.05. The van der Waals surface area contributed by atoms with Crippen LogP contribution in [0.2, 0.25) is 20.1 Å². The van der Waals surface area contributed by atoms with Crippen LogP contribution in [0.4, 0.5) is 17.1 Å². The zero-order valence-electron chi connectivity index (χ0n) is 36.4. The second-order valence-electron chi connectivity index (χ2n) is 16.6. The quantitative estimate of drug-likeness (QED) is 0.0693. The van der Waals surface area contributed by atoms with Gasteiger partial charge in [-0.05, 0) is 43.2 Å². The van der Waals surface area contributed by atoms with Crippen LogP contribution in [-0.4, -0.2) is 37.1 Å². The summed E-state index contributed by atoms with van der Waals surface area (Å²) in [6.07, 6.45) is 32.3. The molecule has 60 heavy (non-hydrogen) atoms. The number of anilines is 2. The Morgan fingerprint density at radius 2 is 1.07 bits per heavy atom. The molecule has 2 aromatic rings. The zero-order valence-corrected chi connectivity index (χ0v) is 40.3. The van der Waals surface area contributed by atoms with Gasteiger partial charge >= 0.3 is 0 Å². The van der Waals surface area contributed by atoms with Gasteiger partial charge in [0.2, 0.25) is 11.2 Å². The van der Waals surface area contributed by atoms with E-state index in [9.17, 15) is 18.0 Å². The first-order valence-electron chi connectivity index (χ1n) is 23.1. The van der Waals surface area contributed by atoms with Crippen LogP contribution in [0.15, 0.2) is 35.3 Å². The van der Waals surface area contributed by atoms with Gasteiger partial charge in [0, 0.05) is 17.1 Å². The minimum atomic E-state index is -4.05. The lowest BCUT2D eigenvalue weighted by Crippen LogP contribution is -2.38. The number of benzene rings is 2. The fourth-order valence-electron chi connectivity index (χ4n) is 7.73. The van der Waals surface area contributed by atoms with E-state index in [2.05, 4.69) is 29.6 Å². The van der Waals surface area contributed by atoms with E-state index in [1.54, 1.807) is 18.2 Å². The van der Waals surface area contributed by atoms with Gasteiger partial charge in [0.15, 0.2) is 9.84 Å². The minimum absolute atomic E-state index is 0.0594. The number of sulfone groups is 1. The van der Waals surface area contributed by atoms with Crippen LogP contribution < -0.4 is 15.8 Å². The fraction of sp³-hybridized carbons (Fsp3) is 0.681. The normalized spacial score (nSPS) is 15.0. The first-order chi connectivity index (χ1) is 29.0. The maximum atomic E-state index is 14.0. The minimum Gasteiger partial charge on any atom is -0.326 e. The van der Waals surface area contributed by atoms with Crippen LogP contribution in [0, 0.1) is 0 Å². The van der Waals surface area contributed by atoms with Crippen LogP contribution in [0.1, 0.15) is 194 Å². The van der Waals surface area contributed by atoms with Gasteiger partial charge in [0.25, 0.3) is 5.91 Å². The third kappa shape index (κ3) is 19.6. The van der Waals surface area contributed by atoms with Crippen molar-refractivity contribution in [3.63, 3.8) is 0 Å². The van der Waals surface area contributed by atoms with E-state index in [0.717, 1.165) is 50.0 Å². The number of amidine groups is 1. The number of unbranched alkanes of at least 4 members (excludes halogenated alkanes) is 25. The van der Waals surface area contributed by atoms with Crippen molar-refractivity contribution >= 4 is 91.0 Å². The van der Waals surface area contributed by atoms with Crippen LogP contribution in [0.5, 0.6) is 0 Å². The molecular formula is C47H72Cl4N4O4S. The molecule has 1 atom stereocenters. The highest BCUT2D eigenvalue weighted by atomic mass is 35.5. The number of hydrogen-bond acceptors (Lipinski definition) is 5. The van der Waals surface area contributed by atoms with Gasteiger partial charge in [0.05, 0.1) is 26.5 Å². The summed E-state index contributed by atoms with van der Waals surface area (Å²) in [5.41, 5.74) is 3.59. The second-order valence-corrected chi connectivity index (χ2v) is 20.4. The molecule has 338 valence electrons. The molecule has 1 aliphatic rings. The van der Waals surface area contributed by atoms with E-state index >= 15 is 0 Å². The zero-order chi connectivity index (χ0) is 43.6. The third-order valence-corrected chi connectivity index (χ3v) is 14.4. The van der Waals surface area contributed by atoms with Crippen molar-refractivity contribution in [2.45, 2.75) is 199 Å². The second kappa shape index (κ2) is 30.1. The number of hydrazine groups is 1. The van der Waals surface area contributed by atoms with Gasteiger partial charge in [-0.1, -0.05) is 221 Å². The van der Waals surface area contributed by atoms with Gasteiger partial charge < -0.3 is 5.32 Å². The number of nitrogens with one attached hydrogen (secondary N) is 2. The smallest absolute Gasteiger partial charge is 0.271 e. The average molecular weight is 931 g/mol. The molecule has 2 N–H and O–H groups in total. The van der Waals surface area contributed by atoms with Crippen molar-refractivity contribution in [2.75, 3.05) is 16.1 Å². The predicted octanol–water partition coefficient (Wildman–Crippen LogP) is 15.6. The molecule has 1 fully saturated rings. The van der Waals surface area contributed by atoms with Crippen molar-refractivity contribution in [1.82, 2.24) is 5.43 Å². The van der Waals surface area contributed by atoms with Crippen molar-refractivity contribution in [3.05, 3.63) is 50.4 Å². The molecule has 0 saturated carbocycles. The van der Waals surface area contributed by atoms with E-state index in [0.29, 0.717) is 18.5 Å². The highest BCUT2D eigenvalue weighted by molar-refractivity contribution is 7.93. The molecule has 1 saturated heterocycles. The number of aliphatic imine (C=N–C) groups is 1. The van der Waals surface area contributed by atoms with Crippen molar-refractivity contribution in [1.29, 1.82) is 0 Å². The van der Waals surface area contributed by atoms with E-state index in [-0.39, 0.29) is 49.0 Å². The number of rotatable bonds is 33.